The summed E-state index contributed by atoms with van der Waals surface area (Å²) in [5.74, 6) is 0.325. The van der Waals surface area contributed by atoms with Crippen molar-refractivity contribution in [3.63, 3.8) is 0 Å². The maximum atomic E-state index is 12.5. The summed E-state index contributed by atoms with van der Waals surface area (Å²) in [5.41, 5.74) is 1.07. The van der Waals surface area contributed by atoms with E-state index in [2.05, 4.69) is 10.0 Å². The Hall–Kier alpha value is -2.38. The van der Waals surface area contributed by atoms with Crippen LogP contribution in [0.5, 0.6) is 5.75 Å². The molecule has 1 aliphatic rings. The molecule has 1 saturated carbocycles. The molecule has 6 nitrogen and oxygen atoms in total. The van der Waals surface area contributed by atoms with Gasteiger partial charge in [-0.2, -0.15) is 0 Å². The molecule has 0 bridgehead atoms. The average molecular weight is 431 g/mol. The Bertz CT molecular complexity index is 908. The van der Waals surface area contributed by atoms with Crippen molar-refractivity contribution in [3.05, 3.63) is 60.2 Å². The Labute approximate surface area is 179 Å². The Morgan fingerprint density at radius 2 is 1.70 bits per heavy atom. The van der Waals surface area contributed by atoms with Crippen LogP contribution < -0.4 is 14.8 Å². The maximum Gasteiger partial charge on any atom is 0.260 e. The third kappa shape index (κ3) is 6.57. The lowest BCUT2D eigenvalue weighted by Gasteiger charge is -2.24. The number of hydrogen-bond donors (Lipinski definition) is 2. The predicted octanol–water partition coefficient (Wildman–Crippen LogP) is 3.42. The third-order valence-electron chi connectivity index (χ3n) is 5.32. The first kappa shape index (κ1) is 22.3. The summed E-state index contributed by atoms with van der Waals surface area (Å²) in [6.07, 6.45) is 5.54. The van der Waals surface area contributed by atoms with Gasteiger partial charge < -0.3 is 10.1 Å². The first-order valence-corrected chi connectivity index (χ1v) is 12.0. The normalized spacial score (nSPS) is 16.0. The number of carbonyl (C=O) groups is 1. The standard InChI is InChI=1S/C23H30N2O4S/c1-18(23(26)25-20-10-6-3-7-11-20)29-21-12-14-22(15-13-21)30(27,28)24-17-16-19-8-4-2-5-9-19/h2,4-5,8-9,12-15,18,20,24H,3,6-7,10-11,16-17H2,1H3,(H,25,26)/t18-/m1/s1. The Kier molecular flexibility index (Phi) is 7.87. The van der Waals surface area contributed by atoms with Gasteiger partial charge in [0, 0.05) is 12.6 Å². The van der Waals surface area contributed by atoms with Crippen LogP contribution in [0.1, 0.15) is 44.6 Å². The van der Waals surface area contributed by atoms with E-state index in [4.69, 9.17) is 4.74 Å². The van der Waals surface area contributed by atoms with E-state index in [1.807, 2.05) is 30.3 Å². The SMILES string of the molecule is C[C@@H](Oc1ccc(S(=O)(=O)NCCc2ccccc2)cc1)C(=O)NC1CCCCC1. The molecule has 0 unspecified atom stereocenters. The molecule has 0 radical (unpaired) electrons. The maximum absolute atomic E-state index is 12.5. The van der Waals surface area contributed by atoms with Crippen molar-refractivity contribution in [2.45, 2.75) is 62.5 Å². The van der Waals surface area contributed by atoms with E-state index in [-0.39, 0.29) is 16.8 Å². The highest BCUT2D eigenvalue weighted by atomic mass is 32.2. The van der Waals surface area contributed by atoms with E-state index >= 15 is 0 Å². The topological polar surface area (TPSA) is 84.5 Å². The summed E-state index contributed by atoms with van der Waals surface area (Å²) in [6, 6.07) is 16.1. The van der Waals surface area contributed by atoms with Crippen LogP contribution in [0.25, 0.3) is 0 Å². The molecule has 2 aromatic rings. The molecule has 3 rings (SSSR count). The number of carbonyl (C=O) groups excluding carboxylic acids is 1. The quantitative estimate of drug-likeness (QED) is 0.638. The summed E-state index contributed by atoms with van der Waals surface area (Å²) >= 11 is 0. The van der Waals surface area contributed by atoms with Gasteiger partial charge in [0.15, 0.2) is 6.10 Å². The van der Waals surface area contributed by atoms with Crippen molar-refractivity contribution < 1.29 is 17.9 Å². The van der Waals surface area contributed by atoms with Crippen LogP contribution in [-0.4, -0.2) is 33.0 Å². The molecule has 1 atom stereocenters. The number of amides is 1. The largest absolute Gasteiger partial charge is 0.481 e. The second kappa shape index (κ2) is 10.6. The van der Waals surface area contributed by atoms with Crippen LogP contribution in [-0.2, 0) is 21.2 Å². The molecule has 1 amide bonds. The number of rotatable bonds is 9. The minimum atomic E-state index is -3.60. The van der Waals surface area contributed by atoms with Gasteiger partial charge in [-0.25, -0.2) is 13.1 Å². The zero-order valence-corrected chi connectivity index (χ0v) is 18.2. The van der Waals surface area contributed by atoms with Crippen molar-refractivity contribution >= 4 is 15.9 Å². The third-order valence-corrected chi connectivity index (χ3v) is 6.79. The van der Waals surface area contributed by atoms with Crippen molar-refractivity contribution in [2.75, 3.05) is 6.54 Å². The second-order valence-corrected chi connectivity index (χ2v) is 9.48. The van der Waals surface area contributed by atoms with E-state index in [0.717, 1.165) is 31.2 Å². The van der Waals surface area contributed by atoms with Gasteiger partial charge in [0.25, 0.3) is 5.91 Å². The van der Waals surface area contributed by atoms with Gasteiger partial charge in [-0.15, -0.1) is 0 Å². The Balaban J connectivity index is 1.49. The van der Waals surface area contributed by atoms with Gasteiger partial charge in [0.05, 0.1) is 4.90 Å². The molecule has 0 heterocycles. The average Bonchev–Trinajstić information content (AvgIpc) is 2.75. The minimum Gasteiger partial charge on any atom is -0.481 e. The first-order chi connectivity index (χ1) is 14.4. The highest BCUT2D eigenvalue weighted by Crippen LogP contribution is 2.19. The van der Waals surface area contributed by atoms with E-state index in [1.54, 1.807) is 19.1 Å². The van der Waals surface area contributed by atoms with Crippen molar-refractivity contribution in [3.8, 4) is 5.75 Å². The highest BCUT2D eigenvalue weighted by molar-refractivity contribution is 7.89. The van der Waals surface area contributed by atoms with Gasteiger partial charge in [0.2, 0.25) is 10.0 Å². The van der Waals surface area contributed by atoms with E-state index in [1.165, 1.54) is 18.6 Å². The first-order valence-electron chi connectivity index (χ1n) is 10.5. The number of sulfonamides is 1. The monoisotopic (exact) mass is 430 g/mol. The molecule has 0 aliphatic heterocycles. The summed E-state index contributed by atoms with van der Waals surface area (Å²) < 4.78 is 33.3. The molecule has 0 saturated heterocycles. The summed E-state index contributed by atoms with van der Waals surface area (Å²) in [6.45, 7) is 2.02. The highest BCUT2D eigenvalue weighted by Gasteiger charge is 2.21. The molecule has 1 fully saturated rings. The molecule has 162 valence electrons. The smallest absolute Gasteiger partial charge is 0.260 e. The van der Waals surface area contributed by atoms with Crippen LogP contribution in [0.2, 0.25) is 0 Å². The van der Waals surface area contributed by atoms with Crippen molar-refractivity contribution in [1.29, 1.82) is 0 Å². The Morgan fingerprint density at radius 3 is 2.37 bits per heavy atom. The van der Waals surface area contributed by atoms with Crippen LogP contribution >= 0.6 is 0 Å². The molecule has 0 aromatic heterocycles. The van der Waals surface area contributed by atoms with Gasteiger partial charge in [-0.3, -0.25) is 4.79 Å². The van der Waals surface area contributed by atoms with Gasteiger partial charge in [-0.1, -0.05) is 49.6 Å². The van der Waals surface area contributed by atoms with Gasteiger partial charge in [-0.05, 0) is 56.0 Å². The number of nitrogens with one attached hydrogen (secondary N) is 2. The molecule has 30 heavy (non-hydrogen) atoms. The zero-order valence-electron chi connectivity index (χ0n) is 17.3. The summed E-state index contributed by atoms with van der Waals surface area (Å²) in [7, 11) is -3.60. The van der Waals surface area contributed by atoms with E-state index in [0.29, 0.717) is 18.7 Å². The minimum absolute atomic E-state index is 0.138. The van der Waals surface area contributed by atoms with Crippen LogP contribution in [0.15, 0.2) is 59.5 Å². The second-order valence-electron chi connectivity index (χ2n) is 7.71. The van der Waals surface area contributed by atoms with Crippen molar-refractivity contribution in [2.24, 2.45) is 0 Å². The van der Waals surface area contributed by atoms with Gasteiger partial charge in [0.1, 0.15) is 5.75 Å². The van der Waals surface area contributed by atoms with Crippen LogP contribution in [0.4, 0.5) is 0 Å². The van der Waals surface area contributed by atoms with Crippen molar-refractivity contribution in [1.82, 2.24) is 10.0 Å². The fourth-order valence-corrected chi connectivity index (χ4v) is 4.61. The molecule has 1 aliphatic carbocycles. The predicted molar refractivity (Wildman–Crippen MR) is 117 cm³/mol. The molecular formula is C23H30N2O4S. The summed E-state index contributed by atoms with van der Waals surface area (Å²) in [5, 5.41) is 3.04. The molecule has 0 spiro atoms. The number of benzene rings is 2. The zero-order chi connectivity index (χ0) is 21.4. The molecule has 2 aromatic carbocycles. The van der Waals surface area contributed by atoms with Crippen LogP contribution in [0.3, 0.4) is 0 Å². The van der Waals surface area contributed by atoms with E-state index < -0.39 is 16.1 Å². The fraction of sp³-hybridized carbons (Fsp3) is 0.435. The summed E-state index contributed by atoms with van der Waals surface area (Å²) in [4.78, 5) is 12.5. The van der Waals surface area contributed by atoms with E-state index in [9.17, 15) is 13.2 Å². The lowest BCUT2D eigenvalue weighted by molar-refractivity contribution is -0.128. The lowest BCUT2D eigenvalue weighted by Crippen LogP contribution is -2.43. The van der Waals surface area contributed by atoms with Crippen LogP contribution in [0, 0.1) is 0 Å². The molecule has 2 N–H and O–H groups in total. The Morgan fingerprint density at radius 1 is 1.03 bits per heavy atom. The van der Waals surface area contributed by atoms with Gasteiger partial charge >= 0.3 is 0 Å². The number of ether oxygens (including phenoxy) is 1. The molecular weight excluding hydrogens is 400 g/mol. The lowest BCUT2D eigenvalue weighted by atomic mass is 9.95. The fourth-order valence-electron chi connectivity index (χ4n) is 3.58. The number of hydrogen-bond acceptors (Lipinski definition) is 4. The molecule has 7 heteroatoms.